The highest BCUT2D eigenvalue weighted by molar-refractivity contribution is 6.30. The zero-order chi connectivity index (χ0) is 14.6. The molecular formula is C16H23ClFNO. The fraction of sp³-hybridized carbons (Fsp3) is 0.625. The second kappa shape index (κ2) is 6.88. The molecule has 1 aromatic carbocycles. The molecule has 0 spiro atoms. The molecule has 0 aliphatic carbocycles. The van der Waals surface area contributed by atoms with Crippen LogP contribution >= 0.6 is 11.6 Å². The van der Waals surface area contributed by atoms with Crippen LogP contribution in [-0.2, 0) is 6.42 Å². The summed E-state index contributed by atoms with van der Waals surface area (Å²) in [5.41, 5.74) is -0.294. The zero-order valence-electron chi connectivity index (χ0n) is 12.0. The minimum atomic E-state index is -0.811. The average Bonchev–Trinajstić information content (AvgIpc) is 2.59. The maximum Gasteiger partial charge on any atom is 0.145 e. The molecule has 2 nitrogen and oxygen atoms in total. The van der Waals surface area contributed by atoms with Crippen molar-refractivity contribution in [3.8, 4) is 0 Å². The van der Waals surface area contributed by atoms with Crippen molar-refractivity contribution in [2.45, 2.75) is 44.6 Å². The fourth-order valence-corrected chi connectivity index (χ4v) is 3.18. The highest BCUT2D eigenvalue weighted by Gasteiger charge is 2.31. The molecular weight excluding hydrogens is 277 g/mol. The second-order valence-corrected chi connectivity index (χ2v) is 6.22. The van der Waals surface area contributed by atoms with Gasteiger partial charge in [0.25, 0.3) is 0 Å². The first-order valence-electron chi connectivity index (χ1n) is 7.42. The van der Waals surface area contributed by atoms with Gasteiger partial charge in [-0.25, -0.2) is 4.39 Å². The third-order valence-corrected chi connectivity index (χ3v) is 4.39. The quantitative estimate of drug-likeness (QED) is 0.917. The number of nitrogens with zero attached hydrogens (tertiary/aromatic N) is 1. The Balaban J connectivity index is 2.05. The highest BCUT2D eigenvalue weighted by atomic mass is 35.5. The van der Waals surface area contributed by atoms with Crippen molar-refractivity contribution in [3.05, 3.63) is 34.6 Å². The largest absolute Gasteiger partial charge is 0.389 e. The molecule has 1 unspecified atom stereocenters. The van der Waals surface area contributed by atoms with Gasteiger partial charge < -0.3 is 10.0 Å². The molecule has 0 saturated carbocycles. The first kappa shape index (κ1) is 15.7. The normalized spacial score (nSPS) is 24.6. The first-order valence-corrected chi connectivity index (χ1v) is 7.79. The predicted molar refractivity (Wildman–Crippen MR) is 80.6 cm³/mol. The molecule has 0 amide bonds. The van der Waals surface area contributed by atoms with Crippen LogP contribution in [0.2, 0.25) is 5.02 Å². The summed E-state index contributed by atoms with van der Waals surface area (Å²) >= 11 is 5.81. The van der Waals surface area contributed by atoms with Gasteiger partial charge >= 0.3 is 0 Å². The predicted octanol–water partition coefficient (Wildman–Crippen LogP) is 3.65. The average molecular weight is 300 g/mol. The number of rotatable bonds is 4. The van der Waals surface area contributed by atoms with Crippen molar-refractivity contribution in [2.75, 3.05) is 19.6 Å². The summed E-state index contributed by atoms with van der Waals surface area (Å²) in [5.74, 6) is -0.391. The van der Waals surface area contributed by atoms with Crippen molar-refractivity contribution in [1.29, 1.82) is 0 Å². The van der Waals surface area contributed by atoms with E-state index >= 15 is 0 Å². The monoisotopic (exact) mass is 299 g/mol. The minimum absolute atomic E-state index is 0.132. The van der Waals surface area contributed by atoms with E-state index in [4.69, 9.17) is 11.6 Å². The molecule has 1 heterocycles. The van der Waals surface area contributed by atoms with Gasteiger partial charge in [-0.2, -0.15) is 0 Å². The number of likely N-dealkylation sites (tertiary alicyclic amines) is 1. The number of halogens is 2. The van der Waals surface area contributed by atoms with Crippen LogP contribution in [0.1, 0.15) is 38.2 Å². The van der Waals surface area contributed by atoms with E-state index in [1.54, 1.807) is 18.2 Å². The topological polar surface area (TPSA) is 23.5 Å². The summed E-state index contributed by atoms with van der Waals surface area (Å²) < 4.78 is 14.0. The molecule has 112 valence electrons. The van der Waals surface area contributed by atoms with Crippen LogP contribution in [0, 0.1) is 5.82 Å². The van der Waals surface area contributed by atoms with Gasteiger partial charge in [-0.05, 0) is 50.4 Å². The lowest BCUT2D eigenvalue weighted by Gasteiger charge is -2.27. The lowest BCUT2D eigenvalue weighted by Crippen LogP contribution is -2.34. The van der Waals surface area contributed by atoms with Gasteiger partial charge in [0.1, 0.15) is 5.82 Å². The number of hydrogen-bond donors (Lipinski definition) is 1. The van der Waals surface area contributed by atoms with Gasteiger partial charge in [0.2, 0.25) is 0 Å². The summed E-state index contributed by atoms with van der Waals surface area (Å²) in [6, 6.07) is 5.00. The van der Waals surface area contributed by atoms with Crippen LogP contribution < -0.4 is 0 Å². The van der Waals surface area contributed by atoms with Gasteiger partial charge in [0.05, 0.1) is 10.6 Å². The van der Waals surface area contributed by atoms with E-state index in [0.717, 1.165) is 38.9 Å². The molecule has 1 fully saturated rings. The summed E-state index contributed by atoms with van der Waals surface area (Å²) in [4.78, 5) is 2.38. The number of aliphatic hydroxyl groups is 1. The Labute approximate surface area is 125 Å². The molecule has 1 saturated heterocycles. The van der Waals surface area contributed by atoms with E-state index in [1.807, 2.05) is 0 Å². The Morgan fingerprint density at radius 3 is 2.90 bits per heavy atom. The molecule has 0 aromatic heterocycles. The molecule has 20 heavy (non-hydrogen) atoms. The molecule has 0 radical (unpaired) electrons. The van der Waals surface area contributed by atoms with E-state index < -0.39 is 11.4 Å². The summed E-state index contributed by atoms with van der Waals surface area (Å²) in [5, 5.41) is 10.9. The Kier molecular flexibility index (Phi) is 5.42. The van der Waals surface area contributed by atoms with Gasteiger partial charge in [0.15, 0.2) is 0 Å². The van der Waals surface area contributed by atoms with Crippen molar-refractivity contribution in [1.82, 2.24) is 4.90 Å². The van der Waals surface area contributed by atoms with Crippen LogP contribution in [0.3, 0.4) is 0 Å². The summed E-state index contributed by atoms with van der Waals surface area (Å²) in [7, 11) is 0. The van der Waals surface area contributed by atoms with Crippen LogP contribution in [0.25, 0.3) is 0 Å². The van der Waals surface area contributed by atoms with Crippen LogP contribution in [0.5, 0.6) is 0 Å². The molecule has 1 N–H and O–H groups in total. The Bertz CT molecular complexity index is 454. The van der Waals surface area contributed by atoms with Gasteiger partial charge in [0, 0.05) is 13.0 Å². The SMILES string of the molecule is CCCN1CCCC(O)(Cc2cccc(Cl)c2F)CC1. The van der Waals surface area contributed by atoms with E-state index in [0.29, 0.717) is 18.4 Å². The lowest BCUT2D eigenvalue weighted by molar-refractivity contribution is 0.0249. The van der Waals surface area contributed by atoms with E-state index in [1.165, 1.54) is 0 Å². The first-order chi connectivity index (χ1) is 9.54. The standard InChI is InChI=1S/C16H23ClFNO/c1-2-9-19-10-4-7-16(20,8-11-19)12-13-5-3-6-14(17)15(13)18/h3,5-6,20H,2,4,7-12H2,1H3. The van der Waals surface area contributed by atoms with Crippen molar-refractivity contribution in [2.24, 2.45) is 0 Å². The van der Waals surface area contributed by atoms with E-state index in [9.17, 15) is 9.50 Å². The third-order valence-electron chi connectivity index (χ3n) is 4.10. The van der Waals surface area contributed by atoms with Crippen molar-refractivity contribution < 1.29 is 9.50 Å². The molecule has 1 atom stereocenters. The van der Waals surface area contributed by atoms with Gasteiger partial charge in [-0.15, -0.1) is 0 Å². The third kappa shape index (κ3) is 3.94. The Hall–Kier alpha value is -0.640. The maximum atomic E-state index is 14.0. The van der Waals surface area contributed by atoms with Crippen LogP contribution in [0.4, 0.5) is 4.39 Å². The van der Waals surface area contributed by atoms with Crippen molar-refractivity contribution >= 4 is 11.6 Å². The van der Waals surface area contributed by atoms with Crippen LogP contribution in [-0.4, -0.2) is 35.2 Å². The Morgan fingerprint density at radius 2 is 2.15 bits per heavy atom. The summed E-state index contributed by atoms with van der Waals surface area (Å²) in [6.07, 6.45) is 3.84. The fourth-order valence-electron chi connectivity index (χ4n) is 2.99. The molecule has 2 rings (SSSR count). The number of hydrogen-bond acceptors (Lipinski definition) is 2. The van der Waals surface area contributed by atoms with Crippen LogP contribution in [0.15, 0.2) is 18.2 Å². The summed E-state index contributed by atoms with van der Waals surface area (Å²) in [6.45, 7) is 5.14. The Morgan fingerprint density at radius 1 is 1.35 bits per heavy atom. The van der Waals surface area contributed by atoms with Crippen molar-refractivity contribution in [3.63, 3.8) is 0 Å². The number of benzene rings is 1. The molecule has 0 bridgehead atoms. The molecule has 1 aliphatic heterocycles. The molecule has 1 aromatic rings. The minimum Gasteiger partial charge on any atom is -0.389 e. The molecule has 4 heteroatoms. The van der Waals surface area contributed by atoms with Gasteiger partial charge in [-0.3, -0.25) is 0 Å². The van der Waals surface area contributed by atoms with Gasteiger partial charge in [-0.1, -0.05) is 30.7 Å². The highest BCUT2D eigenvalue weighted by Crippen LogP contribution is 2.29. The zero-order valence-corrected chi connectivity index (χ0v) is 12.8. The smallest absolute Gasteiger partial charge is 0.145 e. The lowest BCUT2D eigenvalue weighted by atomic mass is 9.87. The van der Waals surface area contributed by atoms with E-state index in [-0.39, 0.29) is 5.02 Å². The second-order valence-electron chi connectivity index (χ2n) is 5.81. The van der Waals surface area contributed by atoms with E-state index in [2.05, 4.69) is 11.8 Å². The maximum absolute atomic E-state index is 14.0. The molecule has 1 aliphatic rings.